The van der Waals surface area contributed by atoms with Crippen LogP contribution in [0.3, 0.4) is 0 Å². The molecule has 1 aliphatic heterocycles. The fraction of sp³-hybridized carbons (Fsp3) is 0.818. The molecule has 1 fully saturated rings. The lowest BCUT2D eigenvalue weighted by molar-refractivity contribution is -0.153. The molecule has 98 valence electrons. The van der Waals surface area contributed by atoms with Crippen molar-refractivity contribution in [2.45, 2.75) is 51.0 Å². The zero-order valence-corrected chi connectivity index (χ0v) is 10.1. The van der Waals surface area contributed by atoms with Gasteiger partial charge in [-0.2, -0.15) is 0 Å². The molecule has 1 saturated heterocycles. The largest absolute Gasteiger partial charge is 0.464 e. The predicted octanol–water partition coefficient (Wildman–Crippen LogP) is -0.407. The molecule has 4 unspecified atom stereocenters. The van der Waals surface area contributed by atoms with Crippen molar-refractivity contribution >= 4 is 12.4 Å². The molecule has 4 atom stereocenters. The number of hydrogen-bond acceptors (Lipinski definition) is 5. The third-order valence-corrected chi connectivity index (χ3v) is 2.78. The van der Waals surface area contributed by atoms with Gasteiger partial charge in [-0.15, -0.1) is 0 Å². The van der Waals surface area contributed by atoms with E-state index in [-0.39, 0.29) is 12.7 Å². The number of nitrogens with one attached hydrogen (secondary N) is 1. The third-order valence-electron chi connectivity index (χ3n) is 2.78. The summed E-state index contributed by atoms with van der Waals surface area (Å²) in [5, 5.41) is 12.3. The molecule has 0 aromatic rings. The molecule has 1 aliphatic rings. The zero-order valence-electron chi connectivity index (χ0n) is 10.1. The van der Waals surface area contributed by atoms with Crippen LogP contribution in [0.5, 0.6) is 0 Å². The number of rotatable bonds is 6. The summed E-state index contributed by atoms with van der Waals surface area (Å²) in [5.41, 5.74) is 0. The molecule has 0 aromatic heterocycles. The highest BCUT2D eigenvalue weighted by Gasteiger charge is 2.37. The van der Waals surface area contributed by atoms with Crippen LogP contribution in [0, 0.1) is 0 Å². The van der Waals surface area contributed by atoms with Gasteiger partial charge in [0.1, 0.15) is 6.10 Å². The van der Waals surface area contributed by atoms with E-state index < -0.39 is 24.2 Å². The SMILES string of the molecule is CCOC(=O)C(NC=O)C(O)C1CCC(C)O1. The second-order valence-electron chi connectivity index (χ2n) is 4.07. The molecule has 0 spiro atoms. The Balaban J connectivity index is 2.62. The van der Waals surface area contributed by atoms with Gasteiger partial charge in [-0.05, 0) is 26.7 Å². The van der Waals surface area contributed by atoms with Crippen LogP contribution in [0.2, 0.25) is 0 Å². The number of amides is 1. The van der Waals surface area contributed by atoms with Gasteiger partial charge in [-0.3, -0.25) is 4.79 Å². The maximum absolute atomic E-state index is 11.6. The fourth-order valence-corrected chi connectivity index (χ4v) is 1.91. The first-order valence-electron chi connectivity index (χ1n) is 5.80. The van der Waals surface area contributed by atoms with Crippen LogP contribution in [-0.4, -0.2) is 48.4 Å². The Morgan fingerprint density at radius 1 is 1.65 bits per heavy atom. The highest BCUT2D eigenvalue weighted by atomic mass is 16.5. The van der Waals surface area contributed by atoms with Crippen LogP contribution in [0.4, 0.5) is 0 Å². The van der Waals surface area contributed by atoms with Crippen LogP contribution in [0.15, 0.2) is 0 Å². The summed E-state index contributed by atoms with van der Waals surface area (Å²) in [5.74, 6) is -0.643. The van der Waals surface area contributed by atoms with Crippen LogP contribution in [0.1, 0.15) is 26.7 Å². The van der Waals surface area contributed by atoms with Gasteiger partial charge in [0.25, 0.3) is 0 Å². The number of carbonyl (C=O) groups is 2. The van der Waals surface area contributed by atoms with Crippen molar-refractivity contribution in [3.63, 3.8) is 0 Å². The molecular weight excluding hydrogens is 226 g/mol. The van der Waals surface area contributed by atoms with E-state index in [4.69, 9.17) is 9.47 Å². The minimum Gasteiger partial charge on any atom is -0.464 e. The van der Waals surface area contributed by atoms with Gasteiger partial charge in [0.05, 0.1) is 18.8 Å². The molecule has 0 aromatic carbocycles. The first-order valence-corrected chi connectivity index (χ1v) is 5.80. The monoisotopic (exact) mass is 245 g/mol. The zero-order chi connectivity index (χ0) is 12.8. The maximum atomic E-state index is 11.6. The first-order chi connectivity index (χ1) is 8.10. The average molecular weight is 245 g/mol. The summed E-state index contributed by atoms with van der Waals surface area (Å²) in [6.07, 6.45) is 0.421. The van der Waals surface area contributed by atoms with Crippen LogP contribution < -0.4 is 5.32 Å². The molecule has 17 heavy (non-hydrogen) atoms. The molecule has 0 radical (unpaired) electrons. The average Bonchev–Trinajstić information content (AvgIpc) is 2.72. The Labute approximate surface area is 100 Å². The molecular formula is C11H19NO5. The minimum absolute atomic E-state index is 0.0636. The summed E-state index contributed by atoms with van der Waals surface area (Å²) >= 11 is 0. The van der Waals surface area contributed by atoms with Gasteiger partial charge >= 0.3 is 5.97 Å². The second-order valence-corrected chi connectivity index (χ2v) is 4.07. The Bertz CT molecular complexity index is 271. The fourth-order valence-electron chi connectivity index (χ4n) is 1.91. The molecule has 0 bridgehead atoms. The van der Waals surface area contributed by atoms with Crippen molar-refractivity contribution in [2.24, 2.45) is 0 Å². The van der Waals surface area contributed by atoms with Crippen molar-refractivity contribution in [3.8, 4) is 0 Å². The number of esters is 1. The van der Waals surface area contributed by atoms with Crippen molar-refractivity contribution in [3.05, 3.63) is 0 Å². The van der Waals surface area contributed by atoms with Gasteiger partial charge < -0.3 is 19.9 Å². The van der Waals surface area contributed by atoms with Gasteiger partial charge in [0.15, 0.2) is 6.04 Å². The van der Waals surface area contributed by atoms with Gasteiger partial charge in [-0.1, -0.05) is 0 Å². The molecule has 0 saturated carbocycles. The smallest absolute Gasteiger partial charge is 0.331 e. The van der Waals surface area contributed by atoms with Crippen LogP contribution >= 0.6 is 0 Å². The summed E-state index contributed by atoms with van der Waals surface area (Å²) < 4.78 is 10.3. The minimum atomic E-state index is -1.08. The summed E-state index contributed by atoms with van der Waals surface area (Å²) in [6.45, 7) is 3.76. The van der Waals surface area contributed by atoms with Gasteiger partial charge in [0.2, 0.25) is 6.41 Å². The van der Waals surface area contributed by atoms with Gasteiger partial charge in [-0.25, -0.2) is 4.79 Å². The van der Waals surface area contributed by atoms with E-state index in [0.717, 1.165) is 6.42 Å². The highest BCUT2D eigenvalue weighted by molar-refractivity contribution is 5.79. The van der Waals surface area contributed by atoms with Crippen molar-refractivity contribution in [1.29, 1.82) is 0 Å². The van der Waals surface area contributed by atoms with E-state index in [1.165, 1.54) is 0 Å². The Morgan fingerprint density at radius 3 is 2.82 bits per heavy atom. The Kier molecular flexibility index (Phi) is 5.37. The standard InChI is InChI=1S/C11H19NO5/c1-3-16-11(15)9(12-6-13)10(14)8-5-4-7(2)17-8/h6-10,14H,3-5H2,1-2H3,(H,12,13). The summed E-state index contributed by atoms with van der Waals surface area (Å²) in [4.78, 5) is 22.0. The normalized spacial score (nSPS) is 27.2. The first kappa shape index (κ1) is 13.9. The molecule has 1 rings (SSSR count). The molecule has 1 amide bonds. The highest BCUT2D eigenvalue weighted by Crippen LogP contribution is 2.23. The van der Waals surface area contributed by atoms with Crippen molar-refractivity contribution in [1.82, 2.24) is 5.32 Å². The lowest BCUT2D eigenvalue weighted by atomic mass is 10.0. The number of hydrogen-bond donors (Lipinski definition) is 2. The molecule has 6 heteroatoms. The summed E-state index contributed by atoms with van der Waals surface area (Å²) in [6, 6.07) is -1.07. The summed E-state index contributed by atoms with van der Waals surface area (Å²) in [7, 11) is 0. The van der Waals surface area contributed by atoms with Crippen LogP contribution in [0.25, 0.3) is 0 Å². The Hall–Kier alpha value is -1.14. The lowest BCUT2D eigenvalue weighted by Gasteiger charge is -2.25. The lowest BCUT2D eigenvalue weighted by Crippen LogP contribution is -2.51. The third kappa shape index (κ3) is 3.67. The Morgan fingerprint density at radius 2 is 2.35 bits per heavy atom. The van der Waals surface area contributed by atoms with E-state index in [0.29, 0.717) is 12.8 Å². The number of carbonyl (C=O) groups excluding carboxylic acids is 2. The molecule has 6 nitrogen and oxygen atoms in total. The van der Waals surface area contributed by atoms with Crippen molar-refractivity contribution < 1.29 is 24.2 Å². The number of aliphatic hydroxyl groups is 1. The molecule has 0 aliphatic carbocycles. The van der Waals surface area contributed by atoms with Gasteiger partial charge in [0, 0.05) is 0 Å². The van der Waals surface area contributed by atoms with Crippen LogP contribution in [-0.2, 0) is 19.1 Å². The second kappa shape index (κ2) is 6.56. The quantitative estimate of drug-likeness (QED) is 0.491. The maximum Gasteiger partial charge on any atom is 0.331 e. The van der Waals surface area contributed by atoms with E-state index >= 15 is 0 Å². The topological polar surface area (TPSA) is 84.9 Å². The van der Waals surface area contributed by atoms with E-state index in [1.54, 1.807) is 6.92 Å². The molecule has 1 heterocycles. The van der Waals surface area contributed by atoms with E-state index in [1.807, 2.05) is 6.92 Å². The van der Waals surface area contributed by atoms with E-state index in [9.17, 15) is 14.7 Å². The van der Waals surface area contributed by atoms with Crippen molar-refractivity contribution in [2.75, 3.05) is 6.61 Å². The number of ether oxygens (including phenoxy) is 2. The van der Waals surface area contributed by atoms with E-state index in [2.05, 4.69) is 5.32 Å². The predicted molar refractivity (Wildman–Crippen MR) is 59.2 cm³/mol. The molecule has 2 N–H and O–H groups in total. The number of aliphatic hydroxyl groups excluding tert-OH is 1.